The summed E-state index contributed by atoms with van der Waals surface area (Å²) in [6, 6.07) is 2.18. The van der Waals surface area contributed by atoms with Crippen molar-refractivity contribution in [2.45, 2.75) is 45.3 Å². The van der Waals surface area contributed by atoms with Gasteiger partial charge in [-0.25, -0.2) is 0 Å². The minimum Gasteiger partial charge on any atom is -0.374 e. The Balaban J connectivity index is 2.80. The van der Waals surface area contributed by atoms with E-state index in [2.05, 4.69) is 46.6 Å². The molecule has 0 saturated heterocycles. The van der Waals surface area contributed by atoms with Crippen molar-refractivity contribution in [3.8, 4) is 0 Å². The summed E-state index contributed by atoms with van der Waals surface area (Å²) in [5, 5.41) is 2.08. The molecule has 2 unspecified atom stereocenters. The van der Waals surface area contributed by atoms with Crippen LogP contribution in [-0.4, -0.2) is 18.2 Å². The maximum atomic E-state index is 5.87. The lowest BCUT2D eigenvalue weighted by molar-refractivity contribution is -0.0549. The molecule has 0 fully saturated rings. The van der Waals surface area contributed by atoms with Crippen molar-refractivity contribution in [3.63, 3.8) is 0 Å². The number of hydrogen-bond acceptors (Lipinski definition) is 4. The van der Waals surface area contributed by atoms with Gasteiger partial charge in [0.1, 0.15) is 0 Å². The number of nitrogens with two attached hydrogens (primary N) is 1. The molecule has 0 aliphatic heterocycles. The normalized spacial score (nSPS) is 16.8. The molecule has 3 N–H and O–H groups in total. The molecular formula is C12H21BrN2OS. The summed E-state index contributed by atoms with van der Waals surface area (Å²) in [6.07, 6.45) is 1.80. The van der Waals surface area contributed by atoms with Crippen LogP contribution < -0.4 is 11.3 Å². The highest BCUT2D eigenvalue weighted by atomic mass is 79.9. The van der Waals surface area contributed by atoms with Crippen LogP contribution >= 0.6 is 27.3 Å². The van der Waals surface area contributed by atoms with Gasteiger partial charge >= 0.3 is 0 Å². The second-order valence-corrected chi connectivity index (χ2v) is 6.07. The highest BCUT2D eigenvalue weighted by molar-refractivity contribution is 9.10. The predicted octanol–water partition coefficient (Wildman–Crippen LogP) is 3.09. The number of nitrogens with one attached hydrogen (secondary N) is 1. The van der Waals surface area contributed by atoms with E-state index in [1.165, 1.54) is 4.88 Å². The van der Waals surface area contributed by atoms with E-state index in [0.717, 1.165) is 17.3 Å². The molecule has 0 bridgehead atoms. The molecule has 0 spiro atoms. The molecule has 0 saturated carbocycles. The zero-order valence-electron chi connectivity index (χ0n) is 10.6. The Bertz CT molecular complexity index is 345. The van der Waals surface area contributed by atoms with E-state index in [1.807, 2.05) is 6.92 Å². The molecule has 1 heterocycles. The maximum Gasteiger partial charge on any atom is 0.0820 e. The summed E-state index contributed by atoms with van der Waals surface area (Å²) >= 11 is 5.29. The molecule has 98 valence electrons. The standard InChI is InChI=1S/C12H21BrN2OS/c1-4-12(3,16-5-2)11(15-14)8-10-9(13)6-7-17-10/h6-7,11,15H,4-5,8,14H2,1-3H3. The second kappa shape index (κ2) is 6.85. The quantitative estimate of drug-likeness (QED) is 0.599. The Labute approximate surface area is 116 Å². The van der Waals surface area contributed by atoms with Gasteiger partial charge < -0.3 is 4.74 Å². The van der Waals surface area contributed by atoms with Crippen LogP contribution in [0.5, 0.6) is 0 Å². The zero-order valence-corrected chi connectivity index (χ0v) is 13.0. The van der Waals surface area contributed by atoms with Crippen LogP contribution in [0.3, 0.4) is 0 Å². The number of hydrogen-bond donors (Lipinski definition) is 2. The van der Waals surface area contributed by atoms with E-state index in [0.29, 0.717) is 6.61 Å². The molecule has 0 radical (unpaired) electrons. The highest BCUT2D eigenvalue weighted by Crippen LogP contribution is 2.28. The Morgan fingerprint density at radius 1 is 1.59 bits per heavy atom. The minimum atomic E-state index is -0.229. The van der Waals surface area contributed by atoms with Gasteiger partial charge in [0.05, 0.1) is 11.6 Å². The lowest BCUT2D eigenvalue weighted by Gasteiger charge is -2.36. The Kier molecular flexibility index (Phi) is 6.09. The van der Waals surface area contributed by atoms with Crippen molar-refractivity contribution in [1.29, 1.82) is 0 Å². The van der Waals surface area contributed by atoms with Crippen molar-refractivity contribution >= 4 is 27.3 Å². The summed E-state index contributed by atoms with van der Waals surface area (Å²) in [6.45, 7) is 6.96. The van der Waals surface area contributed by atoms with Gasteiger partial charge in [-0.3, -0.25) is 11.3 Å². The van der Waals surface area contributed by atoms with Crippen LogP contribution in [0.2, 0.25) is 0 Å². The first kappa shape index (κ1) is 15.1. The molecule has 1 aromatic heterocycles. The summed E-state index contributed by atoms with van der Waals surface area (Å²) in [7, 11) is 0. The van der Waals surface area contributed by atoms with Gasteiger partial charge in [0.25, 0.3) is 0 Å². The Hall–Kier alpha value is 0.0600. The van der Waals surface area contributed by atoms with E-state index in [-0.39, 0.29) is 11.6 Å². The van der Waals surface area contributed by atoms with E-state index < -0.39 is 0 Å². The Morgan fingerprint density at radius 3 is 2.71 bits per heavy atom. The van der Waals surface area contributed by atoms with Crippen LogP contribution in [0.4, 0.5) is 0 Å². The molecule has 2 atom stereocenters. The average molecular weight is 321 g/mol. The van der Waals surface area contributed by atoms with Crippen LogP contribution in [-0.2, 0) is 11.2 Å². The van der Waals surface area contributed by atoms with Crippen molar-refractivity contribution in [2.75, 3.05) is 6.61 Å². The largest absolute Gasteiger partial charge is 0.374 e. The topological polar surface area (TPSA) is 47.3 Å². The maximum absolute atomic E-state index is 5.87. The van der Waals surface area contributed by atoms with Crippen molar-refractivity contribution in [2.24, 2.45) is 5.84 Å². The molecule has 0 aromatic carbocycles. The first-order valence-corrected chi connectivity index (χ1v) is 7.56. The molecule has 17 heavy (non-hydrogen) atoms. The minimum absolute atomic E-state index is 0.113. The second-order valence-electron chi connectivity index (χ2n) is 4.21. The molecular weight excluding hydrogens is 300 g/mol. The smallest absolute Gasteiger partial charge is 0.0820 e. The predicted molar refractivity (Wildman–Crippen MR) is 77.2 cm³/mol. The summed E-state index contributed by atoms with van der Waals surface area (Å²) in [5.74, 6) is 5.69. The molecule has 0 aliphatic carbocycles. The van der Waals surface area contributed by atoms with Gasteiger partial charge in [0.15, 0.2) is 0 Å². The monoisotopic (exact) mass is 320 g/mol. The Morgan fingerprint density at radius 2 is 2.29 bits per heavy atom. The average Bonchev–Trinajstić information content (AvgIpc) is 2.72. The summed E-state index contributed by atoms with van der Waals surface area (Å²) in [4.78, 5) is 1.30. The van der Waals surface area contributed by atoms with Gasteiger partial charge in [-0.2, -0.15) is 0 Å². The number of halogens is 1. The van der Waals surface area contributed by atoms with Crippen LogP contribution in [0, 0.1) is 0 Å². The number of ether oxygens (including phenoxy) is 1. The number of rotatable bonds is 7. The summed E-state index contributed by atoms with van der Waals surface area (Å²) < 4.78 is 7.02. The molecule has 0 aliphatic rings. The van der Waals surface area contributed by atoms with Crippen LogP contribution in [0.15, 0.2) is 15.9 Å². The third-order valence-electron chi connectivity index (χ3n) is 3.19. The van der Waals surface area contributed by atoms with E-state index in [1.54, 1.807) is 11.3 Å². The lowest BCUT2D eigenvalue weighted by Crippen LogP contribution is -2.54. The van der Waals surface area contributed by atoms with Gasteiger partial charge in [-0.15, -0.1) is 11.3 Å². The molecule has 5 heteroatoms. The zero-order chi connectivity index (χ0) is 12.9. The molecule has 0 amide bonds. The van der Waals surface area contributed by atoms with Gasteiger partial charge in [-0.1, -0.05) is 6.92 Å². The fourth-order valence-corrected chi connectivity index (χ4v) is 3.45. The fraction of sp³-hybridized carbons (Fsp3) is 0.667. The van der Waals surface area contributed by atoms with Crippen LogP contribution in [0.1, 0.15) is 32.1 Å². The van der Waals surface area contributed by atoms with Crippen molar-refractivity contribution in [1.82, 2.24) is 5.43 Å². The highest BCUT2D eigenvalue weighted by Gasteiger charge is 2.33. The third kappa shape index (κ3) is 3.76. The van der Waals surface area contributed by atoms with E-state index >= 15 is 0 Å². The van der Waals surface area contributed by atoms with E-state index in [9.17, 15) is 0 Å². The van der Waals surface area contributed by atoms with Crippen LogP contribution in [0.25, 0.3) is 0 Å². The van der Waals surface area contributed by atoms with Crippen molar-refractivity contribution in [3.05, 3.63) is 20.8 Å². The molecule has 3 nitrogen and oxygen atoms in total. The molecule has 1 rings (SSSR count). The number of thiophene rings is 1. The van der Waals surface area contributed by atoms with E-state index in [4.69, 9.17) is 10.6 Å². The molecule has 1 aromatic rings. The first-order chi connectivity index (χ1) is 8.07. The summed E-state index contributed by atoms with van der Waals surface area (Å²) in [5.41, 5.74) is 2.68. The van der Waals surface area contributed by atoms with Gasteiger partial charge in [-0.05, 0) is 47.6 Å². The number of hydrazine groups is 1. The van der Waals surface area contributed by atoms with Gasteiger partial charge in [0.2, 0.25) is 0 Å². The SMILES string of the molecule is CCOC(C)(CC)C(Cc1sccc1Br)NN. The fourth-order valence-electron chi connectivity index (χ4n) is 1.89. The van der Waals surface area contributed by atoms with Gasteiger partial charge in [0, 0.05) is 22.4 Å². The van der Waals surface area contributed by atoms with Crippen molar-refractivity contribution < 1.29 is 4.74 Å². The lowest BCUT2D eigenvalue weighted by atomic mass is 9.90. The third-order valence-corrected chi connectivity index (χ3v) is 5.14. The first-order valence-electron chi connectivity index (χ1n) is 5.89.